The maximum Gasteiger partial charge on any atom is 0.120 e. The molecule has 4 aliphatic carbocycles. The maximum atomic E-state index is 9.84. The molecular weight excluding hydrogens is 270 g/mol. The van der Waals surface area contributed by atoms with Gasteiger partial charge in [0.05, 0.1) is 0 Å². The van der Waals surface area contributed by atoms with E-state index in [0.717, 1.165) is 23.3 Å². The molecule has 0 amide bonds. The molecule has 20 heavy (non-hydrogen) atoms. The topological polar surface area (TPSA) is 46.2 Å². The Morgan fingerprint density at radius 1 is 1.05 bits per heavy atom. The molecular formula is C17H24ClNO. The van der Waals surface area contributed by atoms with Crippen LogP contribution in [0.5, 0.6) is 5.75 Å². The molecule has 1 aromatic carbocycles. The second-order valence-electron chi connectivity index (χ2n) is 7.25. The Morgan fingerprint density at radius 3 is 2.10 bits per heavy atom. The summed E-state index contributed by atoms with van der Waals surface area (Å²) in [6, 6.07) is 6.19. The average molecular weight is 294 g/mol. The van der Waals surface area contributed by atoms with E-state index in [4.69, 9.17) is 5.73 Å². The fourth-order valence-corrected chi connectivity index (χ4v) is 5.54. The van der Waals surface area contributed by atoms with Crippen molar-refractivity contribution in [2.45, 2.75) is 50.5 Å². The SMILES string of the molecule is Cl.NCc1cc(C23CC4CC(CC(C4)C2)C3)ccc1O. The molecule has 2 nitrogen and oxygen atoms in total. The van der Waals surface area contributed by atoms with Gasteiger partial charge in [0.25, 0.3) is 0 Å². The summed E-state index contributed by atoms with van der Waals surface area (Å²) in [5.41, 5.74) is 8.52. The largest absolute Gasteiger partial charge is 0.508 e. The third kappa shape index (κ3) is 2.05. The molecule has 3 heteroatoms. The van der Waals surface area contributed by atoms with Gasteiger partial charge in [0.1, 0.15) is 5.75 Å². The van der Waals surface area contributed by atoms with E-state index >= 15 is 0 Å². The Labute approximate surface area is 127 Å². The predicted molar refractivity (Wildman–Crippen MR) is 83.1 cm³/mol. The Hall–Kier alpha value is -0.730. The molecule has 1 aromatic rings. The van der Waals surface area contributed by atoms with Crippen molar-refractivity contribution in [1.29, 1.82) is 0 Å². The molecule has 0 radical (unpaired) electrons. The number of hydrogen-bond acceptors (Lipinski definition) is 2. The Morgan fingerprint density at radius 2 is 1.60 bits per heavy atom. The lowest BCUT2D eigenvalue weighted by Gasteiger charge is -2.57. The number of phenolic OH excluding ortho intramolecular Hbond substituents is 1. The van der Waals surface area contributed by atoms with Gasteiger partial charge in [-0.25, -0.2) is 0 Å². The van der Waals surface area contributed by atoms with Gasteiger partial charge >= 0.3 is 0 Å². The number of rotatable bonds is 2. The molecule has 0 unspecified atom stereocenters. The van der Waals surface area contributed by atoms with E-state index in [-0.39, 0.29) is 12.4 Å². The summed E-state index contributed by atoms with van der Waals surface area (Å²) in [6.45, 7) is 0.437. The van der Waals surface area contributed by atoms with Crippen LogP contribution in [0.2, 0.25) is 0 Å². The summed E-state index contributed by atoms with van der Waals surface area (Å²) < 4.78 is 0. The Balaban J connectivity index is 0.00000121. The molecule has 5 rings (SSSR count). The minimum atomic E-state index is 0. The first kappa shape index (κ1) is 14.2. The predicted octanol–water partition coefficient (Wildman–Crippen LogP) is 3.74. The van der Waals surface area contributed by atoms with Crippen LogP contribution in [-0.4, -0.2) is 5.11 Å². The fraction of sp³-hybridized carbons (Fsp3) is 0.647. The second-order valence-corrected chi connectivity index (χ2v) is 7.25. The standard InChI is InChI=1S/C17H23NO.ClH/c18-10-14-6-15(1-2-16(14)19)17-7-11-3-12(8-17)5-13(4-11)9-17;/h1-2,6,11-13,19H,3-5,7-10,18H2;1H. The van der Waals surface area contributed by atoms with E-state index in [1.165, 1.54) is 44.1 Å². The van der Waals surface area contributed by atoms with Crippen molar-refractivity contribution in [1.82, 2.24) is 0 Å². The van der Waals surface area contributed by atoms with Gasteiger partial charge in [0.15, 0.2) is 0 Å². The lowest BCUT2D eigenvalue weighted by molar-refractivity contribution is -0.00523. The van der Waals surface area contributed by atoms with Gasteiger partial charge < -0.3 is 10.8 Å². The van der Waals surface area contributed by atoms with Crippen LogP contribution < -0.4 is 5.73 Å². The van der Waals surface area contributed by atoms with Crippen molar-refractivity contribution in [2.75, 3.05) is 0 Å². The van der Waals surface area contributed by atoms with Crippen molar-refractivity contribution < 1.29 is 5.11 Å². The van der Waals surface area contributed by atoms with Gasteiger partial charge in [-0.15, -0.1) is 12.4 Å². The minimum Gasteiger partial charge on any atom is -0.508 e. The number of halogens is 1. The van der Waals surface area contributed by atoms with E-state index in [2.05, 4.69) is 12.1 Å². The number of aromatic hydroxyl groups is 1. The number of benzene rings is 1. The normalized spacial score (nSPS) is 37.8. The van der Waals surface area contributed by atoms with Crippen LogP contribution in [0.1, 0.15) is 49.7 Å². The lowest BCUT2D eigenvalue weighted by Crippen LogP contribution is -2.48. The van der Waals surface area contributed by atoms with E-state index < -0.39 is 0 Å². The van der Waals surface area contributed by atoms with Crippen molar-refractivity contribution in [3.63, 3.8) is 0 Å². The molecule has 0 heterocycles. The molecule has 4 saturated carbocycles. The summed E-state index contributed by atoms with van der Waals surface area (Å²) >= 11 is 0. The zero-order valence-corrected chi connectivity index (χ0v) is 12.7. The van der Waals surface area contributed by atoms with Crippen LogP contribution in [0, 0.1) is 17.8 Å². The molecule has 4 bridgehead atoms. The third-order valence-electron chi connectivity index (χ3n) is 5.95. The first-order valence-electron chi connectivity index (χ1n) is 7.71. The second kappa shape index (κ2) is 4.92. The van der Waals surface area contributed by atoms with Gasteiger partial charge in [-0.3, -0.25) is 0 Å². The quantitative estimate of drug-likeness (QED) is 0.872. The smallest absolute Gasteiger partial charge is 0.120 e. The summed E-state index contributed by atoms with van der Waals surface area (Å²) in [4.78, 5) is 0. The number of hydrogen-bond donors (Lipinski definition) is 2. The van der Waals surface area contributed by atoms with E-state index in [9.17, 15) is 5.11 Å². The molecule has 0 saturated heterocycles. The summed E-state index contributed by atoms with van der Waals surface area (Å²) in [6.07, 6.45) is 8.53. The number of nitrogens with two attached hydrogens (primary N) is 1. The van der Waals surface area contributed by atoms with Crippen molar-refractivity contribution >= 4 is 12.4 Å². The molecule has 110 valence electrons. The van der Waals surface area contributed by atoms with Crippen LogP contribution in [0.4, 0.5) is 0 Å². The first-order chi connectivity index (χ1) is 9.18. The first-order valence-corrected chi connectivity index (χ1v) is 7.71. The molecule has 4 fully saturated rings. The van der Waals surface area contributed by atoms with Crippen molar-refractivity contribution in [3.8, 4) is 5.75 Å². The lowest BCUT2D eigenvalue weighted by atomic mass is 9.48. The minimum absolute atomic E-state index is 0. The van der Waals surface area contributed by atoms with Crippen LogP contribution in [0.3, 0.4) is 0 Å². The highest BCUT2D eigenvalue weighted by Gasteiger charge is 2.51. The van der Waals surface area contributed by atoms with Gasteiger partial charge in [0.2, 0.25) is 0 Å². The van der Waals surface area contributed by atoms with E-state index in [0.29, 0.717) is 17.7 Å². The zero-order chi connectivity index (χ0) is 13.0. The van der Waals surface area contributed by atoms with Gasteiger partial charge in [0, 0.05) is 12.1 Å². The molecule has 0 aliphatic heterocycles. The molecule has 0 atom stereocenters. The van der Waals surface area contributed by atoms with E-state index in [1.807, 2.05) is 6.07 Å². The highest BCUT2D eigenvalue weighted by Crippen LogP contribution is 2.60. The molecule has 0 spiro atoms. The van der Waals surface area contributed by atoms with Gasteiger partial charge in [-0.1, -0.05) is 12.1 Å². The summed E-state index contributed by atoms with van der Waals surface area (Å²) in [5.74, 6) is 3.24. The monoisotopic (exact) mass is 293 g/mol. The van der Waals surface area contributed by atoms with Crippen molar-refractivity contribution in [3.05, 3.63) is 29.3 Å². The van der Waals surface area contributed by atoms with Crippen LogP contribution in [-0.2, 0) is 12.0 Å². The fourth-order valence-electron chi connectivity index (χ4n) is 5.54. The van der Waals surface area contributed by atoms with Crippen LogP contribution >= 0.6 is 12.4 Å². The third-order valence-corrected chi connectivity index (χ3v) is 5.95. The van der Waals surface area contributed by atoms with Crippen LogP contribution in [0.15, 0.2) is 18.2 Å². The Kier molecular flexibility index (Phi) is 3.50. The molecule has 4 aliphatic rings. The summed E-state index contributed by atoms with van der Waals surface area (Å²) in [7, 11) is 0. The highest BCUT2D eigenvalue weighted by atomic mass is 35.5. The summed E-state index contributed by atoms with van der Waals surface area (Å²) in [5, 5.41) is 9.84. The Bertz CT molecular complexity index is 478. The maximum absolute atomic E-state index is 9.84. The van der Waals surface area contributed by atoms with Crippen LogP contribution in [0.25, 0.3) is 0 Å². The van der Waals surface area contributed by atoms with Gasteiger partial charge in [-0.2, -0.15) is 0 Å². The molecule has 0 aromatic heterocycles. The number of phenols is 1. The van der Waals surface area contributed by atoms with Gasteiger partial charge in [-0.05, 0) is 73.3 Å². The van der Waals surface area contributed by atoms with Crippen molar-refractivity contribution in [2.24, 2.45) is 23.5 Å². The zero-order valence-electron chi connectivity index (χ0n) is 11.8. The highest BCUT2D eigenvalue weighted by molar-refractivity contribution is 5.85. The molecule has 3 N–H and O–H groups in total. The average Bonchev–Trinajstić information content (AvgIpc) is 2.37. The van der Waals surface area contributed by atoms with E-state index in [1.54, 1.807) is 0 Å².